The van der Waals surface area contributed by atoms with Crippen LogP contribution in [-0.4, -0.2) is 8.80 Å². The van der Waals surface area contributed by atoms with Crippen LogP contribution in [0.15, 0.2) is 42.5 Å². The maximum absolute atomic E-state index is 13.5. The quantitative estimate of drug-likeness (QED) is 0.379. The number of hydrogen-bond acceptors (Lipinski definition) is 0. The fraction of sp³-hybridized carbons (Fsp3) is 0.571. The van der Waals surface area contributed by atoms with Gasteiger partial charge in [0.15, 0.2) is 11.6 Å². The first kappa shape index (κ1) is 22.7. The predicted molar refractivity (Wildman–Crippen MR) is 130 cm³/mol. The highest BCUT2D eigenvalue weighted by Gasteiger charge is 2.30. The summed E-state index contributed by atoms with van der Waals surface area (Å²) in [7, 11) is -0.342. The highest BCUT2D eigenvalue weighted by Crippen LogP contribution is 2.41. The standard InChI is InChI=1S/C28H38F2Si/c1-2-17-31-18-15-25(16-19-31)23-9-5-21(6-10-23)3-4-22-7-11-24(12-8-22)26-13-14-27(29)28(30)20-26/h7-8,11-14,20-21,23,25,31H,2-6,9-10,15-19H2,1H3/t21-,23-,25-,31-. The maximum Gasteiger partial charge on any atom is 0.159 e. The van der Waals surface area contributed by atoms with Gasteiger partial charge in [0.25, 0.3) is 0 Å². The van der Waals surface area contributed by atoms with Crippen molar-refractivity contribution < 1.29 is 8.78 Å². The summed E-state index contributed by atoms with van der Waals surface area (Å²) in [5, 5.41) is 0. The maximum atomic E-state index is 13.5. The molecule has 0 amide bonds. The van der Waals surface area contributed by atoms with Crippen LogP contribution in [0.3, 0.4) is 0 Å². The number of hydrogen-bond donors (Lipinski definition) is 0. The van der Waals surface area contributed by atoms with Crippen LogP contribution in [0, 0.1) is 29.4 Å². The zero-order valence-corrected chi connectivity index (χ0v) is 20.2. The minimum atomic E-state index is -0.791. The molecule has 1 aliphatic heterocycles. The van der Waals surface area contributed by atoms with Crippen LogP contribution in [0.1, 0.15) is 63.9 Å². The van der Waals surface area contributed by atoms with Crippen LogP contribution in [0.25, 0.3) is 11.1 Å². The van der Waals surface area contributed by atoms with Crippen molar-refractivity contribution in [2.45, 2.75) is 82.8 Å². The average molecular weight is 441 g/mol. The molecule has 0 nitrogen and oxygen atoms in total. The van der Waals surface area contributed by atoms with Gasteiger partial charge in [0, 0.05) is 8.80 Å². The van der Waals surface area contributed by atoms with Crippen molar-refractivity contribution in [2.75, 3.05) is 0 Å². The largest absolute Gasteiger partial charge is 0.204 e. The fourth-order valence-electron chi connectivity index (χ4n) is 6.22. The lowest BCUT2D eigenvalue weighted by atomic mass is 9.73. The van der Waals surface area contributed by atoms with E-state index in [0.29, 0.717) is 0 Å². The minimum absolute atomic E-state index is 0.342. The predicted octanol–water partition coefficient (Wildman–Crippen LogP) is 8.42. The molecule has 1 heterocycles. The molecule has 1 aliphatic carbocycles. The van der Waals surface area contributed by atoms with Gasteiger partial charge in [0.2, 0.25) is 0 Å². The molecule has 2 fully saturated rings. The third-order valence-corrected chi connectivity index (χ3v) is 11.9. The Labute approximate surface area is 189 Å². The molecule has 0 atom stereocenters. The van der Waals surface area contributed by atoms with Crippen molar-refractivity contribution in [2.24, 2.45) is 17.8 Å². The SMILES string of the molecule is CCC[Si@H]1CC[C@H]([C@H]2CC[C@H](CCc3ccc(-c4ccc(F)c(F)c4)cc3)CC2)CC1. The van der Waals surface area contributed by atoms with Crippen LogP contribution in [0.5, 0.6) is 0 Å². The topological polar surface area (TPSA) is 0 Å². The summed E-state index contributed by atoms with van der Waals surface area (Å²) in [5.74, 6) is 1.37. The molecule has 2 aromatic rings. The molecule has 3 heteroatoms. The van der Waals surface area contributed by atoms with Crippen molar-refractivity contribution in [3.63, 3.8) is 0 Å². The number of rotatable bonds is 7. The lowest BCUT2D eigenvalue weighted by Gasteiger charge is -2.37. The third-order valence-electron chi connectivity index (χ3n) is 8.19. The first-order valence-corrected chi connectivity index (χ1v) is 15.1. The monoisotopic (exact) mass is 440 g/mol. The summed E-state index contributed by atoms with van der Waals surface area (Å²) in [6, 6.07) is 17.3. The molecule has 31 heavy (non-hydrogen) atoms. The van der Waals surface area contributed by atoms with Gasteiger partial charge in [-0.3, -0.25) is 0 Å². The van der Waals surface area contributed by atoms with Gasteiger partial charge in [-0.25, -0.2) is 8.78 Å². The molecule has 0 unspecified atom stereocenters. The molecule has 0 aromatic heterocycles. The van der Waals surface area contributed by atoms with Gasteiger partial charge in [0.05, 0.1) is 0 Å². The molecule has 0 bridgehead atoms. The molecule has 0 N–H and O–H groups in total. The number of aryl methyl sites for hydroxylation is 1. The van der Waals surface area contributed by atoms with Crippen LogP contribution in [0.2, 0.25) is 18.1 Å². The van der Waals surface area contributed by atoms with E-state index in [2.05, 4.69) is 19.1 Å². The Morgan fingerprint density at radius 2 is 1.42 bits per heavy atom. The molecular weight excluding hydrogens is 402 g/mol. The van der Waals surface area contributed by atoms with Crippen molar-refractivity contribution in [3.05, 3.63) is 59.7 Å². The van der Waals surface area contributed by atoms with Gasteiger partial charge in [-0.1, -0.05) is 87.5 Å². The summed E-state index contributed by atoms with van der Waals surface area (Å²) in [6.45, 7) is 2.36. The van der Waals surface area contributed by atoms with E-state index in [4.69, 9.17) is 0 Å². The van der Waals surface area contributed by atoms with Crippen molar-refractivity contribution in [1.82, 2.24) is 0 Å². The van der Waals surface area contributed by atoms with Gasteiger partial charge in [-0.2, -0.15) is 0 Å². The zero-order valence-electron chi connectivity index (χ0n) is 19.1. The van der Waals surface area contributed by atoms with Crippen molar-refractivity contribution in [3.8, 4) is 11.1 Å². The third kappa shape index (κ3) is 6.06. The van der Waals surface area contributed by atoms with E-state index < -0.39 is 11.6 Å². The van der Waals surface area contributed by atoms with E-state index in [1.54, 1.807) is 37.0 Å². The lowest BCUT2D eigenvalue weighted by Crippen LogP contribution is -2.28. The van der Waals surface area contributed by atoms with Crippen LogP contribution >= 0.6 is 0 Å². The molecule has 1 saturated carbocycles. The molecule has 0 spiro atoms. The Morgan fingerprint density at radius 1 is 0.774 bits per heavy atom. The van der Waals surface area contributed by atoms with E-state index in [1.807, 2.05) is 12.1 Å². The highest BCUT2D eigenvalue weighted by molar-refractivity contribution is 6.58. The van der Waals surface area contributed by atoms with Crippen LogP contribution in [-0.2, 0) is 6.42 Å². The summed E-state index contributed by atoms with van der Waals surface area (Å²) in [4.78, 5) is 0. The van der Waals surface area contributed by atoms with Crippen molar-refractivity contribution >= 4 is 8.80 Å². The molecular formula is C28H38F2Si. The van der Waals surface area contributed by atoms with Crippen LogP contribution in [0.4, 0.5) is 8.78 Å². The molecule has 168 valence electrons. The van der Waals surface area contributed by atoms with Gasteiger partial charge < -0.3 is 0 Å². The second-order valence-electron chi connectivity index (χ2n) is 10.2. The molecule has 2 aliphatic rings. The second-order valence-corrected chi connectivity index (χ2v) is 13.7. The Balaban J connectivity index is 1.21. The molecule has 4 rings (SSSR count). The van der Waals surface area contributed by atoms with E-state index in [1.165, 1.54) is 56.2 Å². The van der Waals surface area contributed by atoms with Gasteiger partial charge in [0.1, 0.15) is 0 Å². The average Bonchev–Trinajstić information content (AvgIpc) is 2.81. The summed E-state index contributed by atoms with van der Waals surface area (Å²) < 4.78 is 26.6. The Hall–Kier alpha value is -1.48. The normalized spacial score (nSPS) is 26.7. The summed E-state index contributed by atoms with van der Waals surface area (Å²) in [6.07, 6.45) is 12.7. The Bertz CT molecular complexity index is 815. The van der Waals surface area contributed by atoms with Gasteiger partial charge in [-0.15, -0.1) is 0 Å². The van der Waals surface area contributed by atoms with E-state index in [-0.39, 0.29) is 8.80 Å². The Morgan fingerprint density at radius 3 is 2.06 bits per heavy atom. The molecule has 1 saturated heterocycles. The number of benzene rings is 2. The smallest absolute Gasteiger partial charge is 0.159 e. The molecule has 0 radical (unpaired) electrons. The summed E-state index contributed by atoms with van der Waals surface area (Å²) >= 11 is 0. The highest BCUT2D eigenvalue weighted by atomic mass is 28.3. The second kappa shape index (κ2) is 10.9. The van der Waals surface area contributed by atoms with Gasteiger partial charge >= 0.3 is 0 Å². The van der Waals surface area contributed by atoms with Gasteiger partial charge in [-0.05, 0) is 72.3 Å². The first-order chi connectivity index (χ1) is 15.1. The number of halogens is 2. The van der Waals surface area contributed by atoms with Crippen LogP contribution < -0.4 is 0 Å². The van der Waals surface area contributed by atoms with E-state index >= 15 is 0 Å². The summed E-state index contributed by atoms with van der Waals surface area (Å²) in [5.41, 5.74) is 3.03. The van der Waals surface area contributed by atoms with E-state index in [0.717, 1.165) is 35.3 Å². The lowest BCUT2D eigenvalue weighted by molar-refractivity contribution is 0.186. The Kier molecular flexibility index (Phi) is 7.98. The fourth-order valence-corrected chi connectivity index (χ4v) is 9.70. The first-order valence-electron chi connectivity index (χ1n) is 12.7. The van der Waals surface area contributed by atoms with E-state index in [9.17, 15) is 8.78 Å². The minimum Gasteiger partial charge on any atom is -0.204 e. The molecule has 2 aromatic carbocycles. The zero-order chi connectivity index (χ0) is 21.6. The van der Waals surface area contributed by atoms with Crippen molar-refractivity contribution in [1.29, 1.82) is 0 Å².